The van der Waals surface area contributed by atoms with Crippen molar-refractivity contribution in [3.63, 3.8) is 0 Å². The van der Waals surface area contributed by atoms with Crippen molar-refractivity contribution in [2.45, 2.75) is 32.4 Å². The molecule has 0 saturated heterocycles. The minimum absolute atomic E-state index is 0.000669. The molecule has 1 atom stereocenters. The van der Waals surface area contributed by atoms with Crippen LogP contribution in [0.2, 0.25) is 10.0 Å². The summed E-state index contributed by atoms with van der Waals surface area (Å²) in [6, 6.07) is 12.9. The van der Waals surface area contributed by atoms with Crippen molar-refractivity contribution in [2.24, 2.45) is 0 Å². The fraction of sp³-hybridized carbons (Fsp3) is 0.222. The lowest BCUT2D eigenvalue weighted by molar-refractivity contribution is -0.118. The Morgan fingerprint density at radius 2 is 1.86 bits per heavy atom. The molecule has 184 valence electrons. The molecule has 0 aliphatic carbocycles. The molecule has 36 heavy (non-hydrogen) atoms. The molecule has 0 radical (unpaired) electrons. The van der Waals surface area contributed by atoms with Gasteiger partial charge in [0.05, 0.1) is 41.2 Å². The van der Waals surface area contributed by atoms with E-state index in [0.29, 0.717) is 27.9 Å². The van der Waals surface area contributed by atoms with E-state index in [2.05, 4.69) is 9.55 Å². The van der Waals surface area contributed by atoms with Crippen molar-refractivity contribution < 1.29 is 13.9 Å². The number of anilines is 1. The minimum atomic E-state index is -0.669. The first-order chi connectivity index (χ1) is 17.3. The van der Waals surface area contributed by atoms with Crippen LogP contribution < -0.4 is 9.64 Å². The maximum absolute atomic E-state index is 15.3. The highest BCUT2D eigenvalue weighted by Gasteiger charge is 2.41. The number of nitrogens with zero attached hydrogens (tertiary/aromatic N) is 4. The second kappa shape index (κ2) is 9.56. The van der Waals surface area contributed by atoms with Gasteiger partial charge in [0.15, 0.2) is 5.82 Å². The number of ether oxygens (including phenoxy) is 1. The first-order valence-electron chi connectivity index (χ1n) is 11.4. The van der Waals surface area contributed by atoms with E-state index in [1.54, 1.807) is 49.8 Å². The first kappa shape index (κ1) is 24.3. The molecule has 6 nitrogen and oxygen atoms in total. The molecular formula is C27H23Cl2FN4O2. The number of carbonyl (C=O) groups is 1. The number of hydrogen-bond donors (Lipinski definition) is 0. The Hall–Kier alpha value is -3.42. The van der Waals surface area contributed by atoms with E-state index < -0.39 is 11.9 Å². The normalized spacial score (nSPS) is 15.4. The third kappa shape index (κ3) is 4.02. The Morgan fingerprint density at radius 3 is 2.56 bits per heavy atom. The topological polar surface area (TPSA) is 60.3 Å². The number of rotatable bonds is 5. The molecule has 1 unspecified atom stereocenters. The van der Waals surface area contributed by atoms with E-state index in [9.17, 15) is 4.79 Å². The van der Waals surface area contributed by atoms with Gasteiger partial charge in [0.1, 0.15) is 17.6 Å². The molecular weight excluding hydrogens is 502 g/mol. The molecule has 0 N–H and O–H groups in total. The van der Waals surface area contributed by atoms with Crippen LogP contribution in [-0.4, -0.2) is 27.6 Å². The van der Waals surface area contributed by atoms with Gasteiger partial charge in [-0.1, -0.05) is 41.4 Å². The summed E-state index contributed by atoms with van der Waals surface area (Å²) in [5.41, 5.74) is 2.97. The fourth-order valence-corrected chi connectivity index (χ4v) is 5.05. The summed E-state index contributed by atoms with van der Waals surface area (Å²) >= 11 is 12.3. The number of methoxy groups -OCH3 is 1. The molecule has 2 aromatic heterocycles. The lowest BCUT2D eigenvalue weighted by Gasteiger charge is -2.37. The van der Waals surface area contributed by atoms with E-state index in [0.717, 1.165) is 11.3 Å². The monoisotopic (exact) mass is 524 g/mol. The fourth-order valence-electron chi connectivity index (χ4n) is 4.75. The third-order valence-corrected chi connectivity index (χ3v) is 6.81. The summed E-state index contributed by atoms with van der Waals surface area (Å²) in [4.78, 5) is 24.3. The number of aromatic nitrogens is 3. The Balaban J connectivity index is 1.82. The minimum Gasteiger partial charge on any atom is -0.496 e. The summed E-state index contributed by atoms with van der Waals surface area (Å²) in [7, 11) is 1.59. The van der Waals surface area contributed by atoms with Crippen LogP contribution in [0.1, 0.15) is 42.9 Å². The summed E-state index contributed by atoms with van der Waals surface area (Å²) in [5, 5.41) is 0.499. The Morgan fingerprint density at radius 1 is 1.11 bits per heavy atom. The molecule has 9 heteroatoms. The number of amides is 1. The predicted molar refractivity (Wildman–Crippen MR) is 138 cm³/mol. The lowest BCUT2D eigenvalue weighted by Crippen LogP contribution is -2.42. The molecule has 0 bridgehead atoms. The van der Waals surface area contributed by atoms with E-state index in [4.69, 9.17) is 32.9 Å². The highest BCUT2D eigenvalue weighted by Crippen LogP contribution is 2.44. The van der Waals surface area contributed by atoms with Crippen molar-refractivity contribution >= 4 is 34.8 Å². The van der Waals surface area contributed by atoms with E-state index >= 15 is 4.39 Å². The molecule has 2 aromatic carbocycles. The van der Waals surface area contributed by atoms with Crippen molar-refractivity contribution in [3.8, 4) is 17.1 Å². The number of pyridine rings is 1. The molecule has 5 rings (SSSR count). The Bertz CT molecular complexity index is 1450. The SMILES string of the molecule is COc1ccncc1-c1nc2c(n1C(C)C)C(c1ccc(Cl)cc1)N(c1cccc(Cl)c1F)C(=O)C2. The van der Waals surface area contributed by atoms with E-state index in [-0.39, 0.29) is 29.1 Å². The zero-order valence-electron chi connectivity index (χ0n) is 19.9. The quantitative estimate of drug-likeness (QED) is 0.293. The average molecular weight is 525 g/mol. The third-order valence-electron chi connectivity index (χ3n) is 6.26. The Kier molecular flexibility index (Phi) is 6.45. The van der Waals surface area contributed by atoms with Crippen molar-refractivity contribution in [1.82, 2.24) is 14.5 Å². The number of carbonyl (C=O) groups excluding carboxylic acids is 1. The van der Waals surface area contributed by atoms with Gasteiger partial charge in [-0.2, -0.15) is 0 Å². The van der Waals surface area contributed by atoms with Crippen molar-refractivity contribution in [2.75, 3.05) is 12.0 Å². The number of benzene rings is 2. The second-order valence-electron chi connectivity index (χ2n) is 8.77. The average Bonchev–Trinajstić information content (AvgIpc) is 3.25. The van der Waals surface area contributed by atoms with Gasteiger partial charge in [0.25, 0.3) is 0 Å². The van der Waals surface area contributed by atoms with Crippen LogP contribution in [0.25, 0.3) is 11.4 Å². The van der Waals surface area contributed by atoms with Crippen LogP contribution in [0.3, 0.4) is 0 Å². The van der Waals surface area contributed by atoms with Gasteiger partial charge >= 0.3 is 0 Å². The van der Waals surface area contributed by atoms with Gasteiger partial charge in [-0.25, -0.2) is 9.37 Å². The maximum atomic E-state index is 15.3. The molecule has 0 saturated carbocycles. The number of fused-ring (bicyclic) bond motifs is 1. The maximum Gasteiger partial charge on any atom is 0.234 e. The molecule has 3 heterocycles. The highest BCUT2D eigenvalue weighted by atomic mass is 35.5. The van der Waals surface area contributed by atoms with Gasteiger partial charge in [-0.15, -0.1) is 0 Å². The second-order valence-corrected chi connectivity index (χ2v) is 9.62. The predicted octanol–water partition coefficient (Wildman–Crippen LogP) is 6.66. The van der Waals surface area contributed by atoms with E-state index in [1.165, 1.54) is 11.0 Å². The van der Waals surface area contributed by atoms with Gasteiger partial charge in [-0.3, -0.25) is 14.7 Å². The van der Waals surface area contributed by atoms with Crippen molar-refractivity contribution in [3.05, 3.63) is 93.7 Å². The van der Waals surface area contributed by atoms with Crippen molar-refractivity contribution in [1.29, 1.82) is 0 Å². The molecule has 0 fully saturated rings. The smallest absolute Gasteiger partial charge is 0.234 e. The molecule has 1 aliphatic heterocycles. The number of halogens is 3. The summed E-state index contributed by atoms with van der Waals surface area (Å²) < 4.78 is 23.0. The first-order valence-corrected chi connectivity index (χ1v) is 12.2. The summed E-state index contributed by atoms with van der Waals surface area (Å²) in [5.74, 6) is 0.294. The Labute approximate surface area is 218 Å². The molecule has 1 aliphatic rings. The number of imidazole rings is 1. The van der Waals surface area contributed by atoms with Crippen LogP contribution in [0.4, 0.5) is 10.1 Å². The van der Waals surface area contributed by atoms with Gasteiger partial charge in [0.2, 0.25) is 5.91 Å². The van der Waals surface area contributed by atoms with Gasteiger partial charge in [-0.05, 0) is 49.7 Å². The summed E-state index contributed by atoms with van der Waals surface area (Å²) in [6.07, 6.45) is 3.34. The standard InChI is InChI=1S/C27H23Cl2FN4O2/c1-15(2)33-26-20(32-27(33)18-14-31-12-11-22(18)36-3)13-23(35)34(21-6-4-5-19(29)24(21)30)25(26)16-7-9-17(28)10-8-16/h4-12,14-15,25H,13H2,1-3H3. The molecule has 1 amide bonds. The summed E-state index contributed by atoms with van der Waals surface area (Å²) in [6.45, 7) is 4.07. The zero-order valence-corrected chi connectivity index (χ0v) is 21.4. The largest absolute Gasteiger partial charge is 0.496 e. The van der Waals surface area contributed by atoms with Gasteiger partial charge in [0, 0.05) is 23.5 Å². The van der Waals surface area contributed by atoms with E-state index in [1.807, 2.05) is 26.0 Å². The zero-order chi connectivity index (χ0) is 25.6. The van der Waals surface area contributed by atoms with Crippen LogP contribution in [0, 0.1) is 5.82 Å². The highest BCUT2D eigenvalue weighted by molar-refractivity contribution is 6.31. The van der Waals surface area contributed by atoms with Crippen LogP contribution in [-0.2, 0) is 11.2 Å². The van der Waals surface area contributed by atoms with Crippen LogP contribution in [0.5, 0.6) is 5.75 Å². The van der Waals surface area contributed by atoms with Crippen LogP contribution >= 0.6 is 23.2 Å². The van der Waals surface area contributed by atoms with Gasteiger partial charge < -0.3 is 9.30 Å². The van der Waals surface area contributed by atoms with Crippen LogP contribution in [0.15, 0.2) is 60.9 Å². The molecule has 0 spiro atoms. The lowest BCUT2D eigenvalue weighted by atomic mass is 9.93. The number of hydrogen-bond acceptors (Lipinski definition) is 4. The molecule has 4 aromatic rings.